The number of unbranched alkanes of at least 4 members (excludes halogenated alkanes) is 12. The van der Waals surface area contributed by atoms with Crippen LogP contribution < -0.4 is 4.46 Å². The molecule has 0 bridgehead atoms. The molecule has 0 amide bonds. The molecule has 0 aromatic heterocycles. The van der Waals surface area contributed by atoms with Crippen molar-refractivity contribution in [1.82, 2.24) is 0 Å². The molecule has 34 heavy (non-hydrogen) atoms. The first-order chi connectivity index (χ1) is 16.5. The van der Waals surface area contributed by atoms with Crippen LogP contribution in [0.15, 0.2) is 41.5 Å². The van der Waals surface area contributed by atoms with Crippen LogP contribution in [0.1, 0.15) is 117 Å². The number of rotatable bonds is 18. The molecule has 0 N–H and O–H groups in total. The average Bonchev–Trinajstić information content (AvgIpc) is 2.82. The van der Waals surface area contributed by atoms with E-state index >= 15 is 0 Å². The topological polar surface area (TPSA) is 26.3 Å². The zero-order valence-corrected chi connectivity index (χ0v) is 24.2. The molecule has 2 nitrogen and oxygen atoms in total. The summed E-state index contributed by atoms with van der Waals surface area (Å²) in [7, 11) is 1.79. The number of hydrogen-bond acceptors (Lipinski definition) is 2. The summed E-state index contributed by atoms with van der Waals surface area (Å²) in [6.45, 7) is 7.76. The molecular weight excluding hydrogens is 483 g/mol. The van der Waals surface area contributed by atoms with E-state index in [0.29, 0.717) is 5.78 Å². The van der Waals surface area contributed by atoms with Gasteiger partial charge in [0.15, 0.2) is 0 Å². The third kappa shape index (κ3) is 10.8. The van der Waals surface area contributed by atoms with Gasteiger partial charge in [0.1, 0.15) is 0 Å². The Kier molecular flexibility index (Phi) is 14.4. The van der Waals surface area contributed by atoms with Crippen LogP contribution in [0.3, 0.4) is 0 Å². The van der Waals surface area contributed by atoms with Crippen molar-refractivity contribution < 1.29 is 9.53 Å². The van der Waals surface area contributed by atoms with E-state index in [4.69, 9.17) is 4.74 Å². The van der Waals surface area contributed by atoms with Gasteiger partial charge in [-0.15, -0.1) is 0 Å². The van der Waals surface area contributed by atoms with Crippen LogP contribution in [0.2, 0.25) is 4.82 Å². The molecule has 1 aliphatic rings. The summed E-state index contributed by atoms with van der Waals surface area (Å²) < 4.78 is 6.45. The molecule has 3 heteroatoms. The Morgan fingerprint density at radius 3 is 1.85 bits per heavy atom. The summed E-state index contributed by atoms with van der Waals surface area (Å²) in [4.78, 5) is 13.3. The van der Waals surface area contributed by atoms with Crippen LogP contribution >= 0.6 is 0 Å². The third-order valence-electron chi connectivity index (χ3n) is 7.42. The number of ether oxygens (including phenoxy) is 1. The molecular formula is C31H50O2Se. The number of carbonyl (C=O) groups is 1. The van der Waals surface area contributed by atoms with Gasteiger partial charge < -0.3 is 4.74 Å². The van der Waals surface area contributed by atoms with E-state index in [0.717, 1.165) is 25.0 Å². The van der Waals surface area contributed by atoms with Crippen LogP contribution in [0.4, 0.5) is 0 Å². The molecule has 0 heterocycles. The number of hydrogen-bond donors (Lipinski definition) is 0. The number of ketones is 1. The van der Waals surface area contributed by atoms with Crippen molar-refractivity contribution in [2.24, 2.45) is 5.41 Å². The van der Waals surface area contributed by atoms with E-state index in [-0.39, 0.29) is 25.2 Å². The molecule has 0 saturated carbocycles. The summed E-state index contributed by atoms with van der Waals surface area (Å²) in [5, 5.41) is 0. The SMILES string of the molecule is COCCCCCCCCCCCCCCCC1=C(C)C(=O)C([Se]c2ccccc2)CC1(C)C. The number of benzene rings is 1. The summed E-state index contributed by atoms with van der Waals surface area (Å²) >= 11 is 0.229. The molecule has 0 radical (unpaired) electrons. The molecule has 192 valence electrons. The van der Waals surface area contributed by atoms with Gasteiger partial charge >= 0.3 is 160 Å². The van der Waals surface area contributed by atoms with Gasteiger partial charge in [-0.3, -0.25) is 0 Å². The Bertz CT molecular complexity index is 722. The van der Waals surface area contributed by atoms with Gasteiger partial charge in [0.05, 0.1) is 0 Å². The van der Waals surface area contributed by atoms with Crippen LogP contribution in [0.5, 0.6) is 0 Å². The Balaban J connectivity index is 1.57. The normalized spacial score (nSPS) is 18.0. The van der Waals surface area contributed by atoms with Gasteiger partial charge in [-0.05, 0) is 6.42 Å². The average molecular weight is 534 g/mol. The van der Waals surface area contributed by atoms with Gasteiger partial charge in [-0.25, -0.2) is 0 Å². The van der Waals surface area contributed by atoms with Crippen molar-refractivity contribution in [3.05, 3.63) is 41.5 Å². The first-order valence-corrected chi connectivity index (χ1v) is 15.8. The minimum absolute atomic E-state index is 0.156. The minimum atomic E-state index is 0.156. The Morgan fingerprint density at radius 2 is 1.32 bits per heavy atom. The van der Waals surface area contributed by atoms with E-state index in [1.807, 2.05) is 0 Å². The fraction of sp³-hybridized carbons (Fsp3) is 0.710. The zero-order valence-electron chi connectivity index (χ0n) is 22.5. The first kappa shape index (κ1) is 29.3. The fourth-order valence-electron chi connectivity index (χ4n) is 5.35. The number of allylic oxidation sites excluding steroid dienone is 2. The summed E-state index contributed by atoms with van der Waals surface area (Å²) in [5.74, 6) is 0.424. The molecule has 0 aliphatic heterocycles. The second-order valence-electron chi connectivity index (χ2n) is 10.8. The Morgan fingerprint density at radius 1 is 0.824 bits per heavy atom. The second kappa shape index (κ2) is 16.7. The van der Waals surface area contributed by atoms with E-state index < -0.39 is 0 Å². The van der Waals surface area contributed by atoms with E-state index in [9.17, 15) is 4.79 Å². The summed E-state index contributed by atoms with van der Waals surface area (Å²) in [6.07, 6.45) is 19.7. The van der Waals surface area contributed by atoms with Crippen molar-refractivity contribution in [2.45, 2.75) is 122 Å². The third-order valence-corrected chi connectivity index (χ3v) is 9.96. The van der Waals surface area contributed by atoms with E-state index in [2.05, 4.69) is 51.1 Å². The van der Waals surface area contributed by atoms with Crippen LogP contribution in [0.25, 0.3) is 0 Å². The van der Waals surface area contributed by atoms with Crippen LogP contribution in [-0.2, 0) is 9.53 Å². The summed E-state index contributed by atoms with van der Waals surface area (Å²) in [6, 6.07) is 10.6. The Hall–Kier alpha value is -0.891. The predicted octanol–water partition coefficient (Wildman–Crippen LogP) is 8.23. The van der Waals surface area contributed by atoms with Crippen LogP contribution in [0, 0.1) is 5.41 Å². The van der Waals surface area contributed by atoms with Crippen molar-refractivity contribution in [3.8, 4) is 0 Å². The maximum atomic E-state index is 13.1. The van der Waals surface area contributed by atoms with Gasteiger partial charge in [-0.1, -0.05) is 32.1 Å². The van der Waals surface area contributed by atoms with Crippen LogP contribution in [-0.4, -0.2) is 34.5 Å². The second-order valence-corrected chi connectivity index (χ2v) is 13.5. The molecule has 1 aromatic rings. The molecule has 1 unspecified atom stereocenters. The number of carbonyl (C=O) groups excluding carboxylic acids is 1. The molecule has 0 saturated heterocycles. The monoisotopic (exact) mass is 534 g/mol. The quantitative estimate of drug-likeness (QED) is 0.140. The predicted molar refractivity (Wildman–Crippen MR) is 148 cm³/mol. The molecule has 0 fully saturated rings. The molecule has 1 atom stereocenters. The summed E-state index contributed by atoms with van der Waals surface area (Å²) in [5.41, 5.74) is 2.68. The van der Waals surface area contributed by atoms with Gasteiger partial charge in [0, 0.05) is 13.7 Å². The zero-order chi connectivity index (χ0) is 24.7. The molecule has 1 aliphatic carbocycles. The van der Waals surface area contributed by atoms with E-state index in [1.165, 1.54) is 93.5 Å². The van der Waals surface area contributed by atoms with Gasteiger partial charge in [-0.2, -0.15) is 0 Å². The maximum absolute atomic E-state index is 13.1. The van der Waals surface area contributed by atoms with E-state index in [1.54, 1.807) is 7.11 Å². The van der Waals surface area contributed by atoms with Crippen molar-refractivity contribution in [2.75, 3.05) is 13.7 Å². The Labute approximate surface area is 216 Å². The van der Waals surface area contributed by atoms with Crippen molar-refractivity contribution in [3.63, 3.8) is 0 Å². The van der Waals surface area contributed by atoms with Crippen molar-refractivity contribution >= 4 is 25.2 Å². The van der Waals surface area contributed by atoms with Gasteiger partial charge in [0.2, 0.25) is 0 Å². The molecule has 2 rings (SSSR count). The van der Waals surface area contributed by atoms with Crippen molar-refractivity contribution in [1.29, 1.82) is 0 Å². The molecule has 1 aromatic carbocycles. The number of methoxy groups -OCH3 is 1. The standard InChI is InChI=1S/C31H50O2Se/c1-26-28(31(2,3)25-29(30(26)32)34-27-21-17-16-18-22-27)23-19-14-12-10-8-6-5-7-9-11-13-15-20-24-33-4/h16-18,21-22,29H,5-15,19-20,23-25H2,1-4H3. The van der Waals surface area contributed by atoms with Gasteiger partial charge in [0.25, 0.3) is 0 Å². The number of Topliss-reactive ketones (excluding diaryl/α,β-unsaturated/α-hetero) is 1. The molecule has 0 spiro atoms. The fourth-order valence-corrected chi connectivity index (χ4v) is 8.35. The first-order valence-electron chi connectivity index (χ1n) is 13.9.